The van der Waals surface area contributed by atoms with Crippen molar-refractivity contribution < 1.29 is 4.92 Å². The van der Waals surface area contributed by atoms with Crippen LogP contribution in [0, 0.1) is 21.4 Å². The maximum Gasteiger partial charge on any atom is 0.273 e. The first-order chi connectivity index (χ1) is 6.19. The normalized spacial score (nSPS) is 9.23. The van der Waals surface area contributed by atoms with Crippen molar-refractivity contribution in [2.75, 3.05) is 0 Å². The topological polar surface area (TPSA) is 92.9 Å². The van der Waals surface area contributed by atoms with E-state index in [9.17, 15) is 10.1 Å². The molecule has 1 rings (SSSR count). The molecule has 13 heavy (non-hydrogen) atoms. The van der Waals surface area contributed by atoms with Crippen LogP contribution in [0.3, 0.4) is 0 Å². The number of hydrogen-bond donors (Lipinski definition) is 1. The Bertz CT molecular complexity index is 381. The van der Waals surface area contributed by atoms with Gasteiger partial charge in [0.25, 0.3) is 5.69 Å². The van der Waals surface area contributed by atoms with Crippen molar-refractivity contribution in [2.24, 2.45) is 5.73 Å². The first kappa shape index (κ1) is 9.16. The van der Waals surface area contributed by atoms with Gasteiger partial charge in [0.15, 0.2) is 0 Å². The second-order valence-electron chi connectivity index (χ2n) is 2.42. The Morgan fingerprint density at radius 2 is 2.31 bits per heavy atom. The van der Waals surface area contributed by atoms with E-state index in [2.05, 4.69) is 0 Å². The standard InChI is InChI=1S/C8H7N3O2/c9-4-6-1-2-8(11(12)13)7(3-6)5-10/h1-3H,5,10H2. The van der Waals surface area contributed by atoms with Gasteiger partial charge >= 0.3 is 0 Å². The number of hydrogen-bond acceptors (Lipinski definition) is 4. The Morgan fingerprint density at radius 1 is 1.62 bits per heavy atom. The first-order valence-corrected chi connectivity index (χ1v) is 3.56. The summed E-state index contributed by atoms with van der Waals surface area (Å²) in [5, 5.41) is 19.0. The molecule has 0 radical (unpaired) electrons. The van der Waals surface area contributed by atoms with E-state index in [0.717, 1.165) is 0 Å². The summed E-state index contributed by atoms with van der Waals surface area (Å²) in [5.41, 5.74) is 6.02. The third-order valence-corrected chi connectivity index (χ3v) is 1.63. The summed E-state index contributed by atoms with van der Waals surface area (Å²) in [6, 6.07) is 6.01. The van der Waals surface area contributed by atoms with Gasteiger partial charge in [-0.1, -0.05) is 0 Å². The molecule has 1 aromatic carbocycles. The third kappa shape index (κ3) is 1.80. The van der Waals surface area contributed by atoms with E-state index < -0.39 is 4.92 Å². The van der Waals surface area contributed by atoms with Crippen LogP contribution in [0.15, 0.2) is 18.2 Å². The minimum Gasteiger partial charge on any atom is -0.326 e. The number of benzene rings is 1. The van der Waals surface area contributed by atoms with E-state index in [1.807, 2.05) is 6.07 Å². The van der Waals surface area contributed by atoms with Crippen LogP contribution in [-0.4, -0.2) is 4.92 Å². The molecule has 0 aliphatic carbocycles. The lowest BCUT2D eigenvalue weighted by Gasteiger charge is -1.98. The first-order valence-electron chi connectivity index (χ1n) is 3.56. The minimum atomic E-state index is -0.511. The largest absolute Gasteiger partial charge is 0.326 e. The van der Waals surface area contributed by atoms with Gasteiger partial charge in [0.1, 0.15) is 0 Å². The van der Waals surface area contributed by atoms with Gasteiger partial charge in [-0.15, -0.1) is 0 Å². The van der Waals surface area contributed by atoms with Crippen molar-refractivity contribution in [2.45, 2.75) is 6.54 Å². The van der Waals surface area contributed by atoms with E-state index in [4.69, 9.17) is 11.0 Å². The lowest BCUT2D eigenvalue weighted by molar-refractivity contribution is -0.385. The molecule has 0 unspecified atom stereocenters. The van der Waals surface area contributed by atoms with Crippen LogP contribution in [0.2, 0.25) is 0 Å². The van der Waals surface area contributed by atoms with Crippen LogP contribution in [0.4, 0.5) is 5.69 Å². The van der Waals surface area contributed by atoms with Gasteiger partial charge in [0.05, 0.1) is 16.6 Å². The molecule has 1 aromatic rings. The number of nitrogens with zero attached hydrogens (tertiary/aromatic N) is 2. The third-order valence-electron chi connectivity index (χ3n) is 1.63. The summed E-state index contributed by atoms with van der Waals surface area (Å²) >= 11 is 0. The van der Waals surface area contributed by atoms with Gasteiger partial charge in [0, 0.05) is 18.2 Å². The zero-order valence-electron chi connectivity index (χ0n) is 6.73. The van der Waals surface area contributed by atoms with E-state index in [-0.39, 0.29) is 12.2 Å². The highest BCUT2D eigenvalue weighted by atomic mass is 16.6. The molecule has 0 aliphatic heterocycles. The second kappa shape index (κ2) is 3.65. The fourth-order valence-electron chi connectivity index (χ4n) is 0.997. The average Bonchev–Trinajstić information content (AvgIpc) is 2.16. The predicted molar refractivity (Wildman–Crippen MR) is 45.7 cm³/mol. The van der Waals surface area contributed by atoms with Crippen molar-refractivity contribution in [3.63, 3.8) is 0 Å². The summed E-state index contributed by atoms with van der Waals surface area (Å²) in [6.07, 6.45) is 0. The van der Waals surface area contributed by atoms with E-state index in [1.165, 1.54) is 18.2 Å². The van der Waals surface area contributed by atoms with Crippen LogP contribution < -0.4 is 5.73 Å². The van der Waals surface area contributed by atoms with Gasteiger partial charge in [0.2, 0.25) is 0 Å². The van der Waals surface area contributed by atoms with Crippen LogP contribution in [-0.2, 0) is 6.54 Å². The molecule has 0 heterocycles. The molecule has 66 valence electrons. The molecule has 0 saturated heterocycles. The summed E-state index contributed by atoms with van der Waals surface area (Å²) < 4.78 is 0. The fourth-order valence-corrected chi connectivity index (χ4v) is 0.997. The molecular formula is C8H7N3O2. The van der Waals surface area contributed by atoms with Crippen LogP contribution in [0.1, 0.15) is 11.1 Å². The molecule has 0 saturated carbocycles. The highest BCUT2D eigenvalue weighted by molar-refractivity contribution is 5.46. The molecule has 2 N–H and O–H groups in total. The number of nitrogens with two attached hydrogens (primary N) is 1. The molecule has 0 bridgehead atoms. The van der Waals surface area contributed by atoms with Gasteiger partial charge in [-0.3, -0.25) is 10.1 Å². The predicted octanol–water partition coefficient (Wildman–Crippen LogP) is 0.925. The Labute approximate surface area is 74.5 Å². The van der Waals surface area contributed by atoms with E-state index in [0.29, 0.717) is 11.1 Å². The van der Waals surface area contributed by atoms with Crippen LogP contribution in [0.25, 0.3) is 0 Å². The van der Waals surface area contributed by atoms with Gasteiger partial charge in [-0.05, 0) is 12.1 Å². The zero-order valence-corrected chi connectivity index (χ0v) is 6.73. The van der Waals surface area contributed by atoms with E-state index >= 15 is 0 Å². The summed E-state index contributed by atoms with van der Waals surface area (Å²) in [7, 11) is 0. The quantitative estimate of drug-likeness (QED) is 0.537. The highest BCUT2D eigenvalue weighted by Gasteiger charge is 2.11. The summed E-state index contributed by atoms with van der Waals surface area (Å²) in [5.74, 6) is 0. The Hall–Kier alpha value is -1.93. The Morgan fingerprint density at radius 3 is 2.77 bits per heavy atom. The smallest absolute Gasteiger partial charge is 0.273 e. The molecule has 5 heteroatoms. The maximum absolute atomic E-state index is 10.4. The molecule has 0 amide bonds. The highest BCUT2D eigenvalue weighted by Crippen LogP contribution is 2.18. The molecule has 0 aliphatic rings. The van der Waals surface area contributed by atoms with Crippen molar-refractivity contribution in [1.82, 2.24) is 0 Å². The summed E-state index contributed by atoms with van der Waals surface area (Å²) in [6.45, 7) is 0.0613. The van der Waals surface area contributed by atoms with Crippen molar-refractivity contribution in [3.8, 4) is 6.07 Å². The minimum absolute atomic E-state index is 0.0403. The van der Waals surface area contributed by atoms with Crippen molar-refractivity contribution >= 4 is 5.69 Å². The average molecular weight is 177 g/mol. The van der Waals surface area contributed by atoms with Gasteiger partial charge in [-0.2, -0.15) is 5.26 Å². The lowest BCUT2D eigenvalue weighted by Crippen LogP contribution is -2.02. The summed E-state index contributed by atoms with van der Waals surface area (Å²) in [4.78, 5) is 9.94. The molecule has 5 nitrogen and oxygen atoms in total. The van der Waals surface area contributed by atoms with Crippen LogP contribution >= 0.6 is 0 Å². The number of nitriles is 1. The van der Waals surface area contributed by atoms with Gasteiger partial charge < -0.3 is 5.73 Å². The van der Waals surface area contributed by atoms with Crippen molar-refractivity contribution in [3.05, 3.63) is 39.4 Å². The molecule has 0 atom stereocenters. The van der Waals surface area contributed by atoms with Crippen molar-refractivity contribution in [1.29, 1.82) is 5.26 Å². The molecule has 0 spiro atoms. The fraction of sp³-hybridized carbons (Fsp3) is 0.125. The molecule has 0 aromatic heterocycles. The monoisotopic (exact) mass is 177 g/mol. The number of nitro benzene ring substituents is 1. The number of rotatable bonds is 2. The molecular weight excluding hydrogens is 170 g/mol. The number of nitro groups is 1. The Kier molecular flexibility index (Phi) is 2.57. The second-order valence-corrected chi connectivity index (χ2v) is 2.42. The molecule has 0 fully saturated rings. The van der Waals surface area contributed by atoms with E-state index in [1.54, 1.807) is 0 Å². The zero-order chi connectivity index (χ0) is 9.84. The van der Waals surface area contributed by atoms with Gasteiger partial charge in [-0.25, -0.2) is 0 Å². The lowest BCUT2D eigenvalue weighted by atomic mass is 10.1. The Balaban J connectivity index is 3.25. The van der Waals surface area contributed by atoms with Crippen LogP contribution in [0.5, 0.6) is 0 Å². The maximum atomic E-state index is 10.4. The SMILES string of the molecule is N#Cc1ccc([N+](=O)[O-])c(CN)c1.